The molecule has 0 bridgehead atoms. The van der Waals surface area contributed by atoms with Gasteiger partial charge in [-0.15, -0.1) is 0 Å². The summed E-state index contributed by atoms with van der Waals surface area (Å²) < 4.78 is 0. The predicted molar refractivity (Wildman–Crippen MR) is 101 cm³/mol. The van der Waals surface area contributed by atoms with Crippen molar-refractivity contribution in [3.05, 3.63) is 0 Å². The predicted octanol–water partition coefficient (Wildman–Crippen LogP) is 4.75. The van der Waals surface area contributed by atoms with Crippen LogP contribution in [0.25, 0.3) is 0 Å². The number of nitrogens with zero attached hydrogens (tertiary/aromatic N) is 1. The number of unbranched alkanes of at least 4 members (excludes halogenated alkanes) is 3. The molecule has 0 saturated carbocycles. The first-order valence-corrected chi connectivity index (χ1v) is 10.3. The van der Waals surface area contributed by atoms with Crippen LogP contribution >= 0.6 is 0 Å². The lowest BCUT2D eigenvalue weighted by Gasteiger charge is -2.22. The molecule has 1 aliphatic heterocycles. The minimum atomic E-state index is -0.159. The molecular formula is C21H37NO3. The summed E-state index contributed by atoms with van der Waals surface area (Å²) in [6, 6.07) is 0. The van der Waals surface area contributed by atoms with Crippen LogP contribution in [0.2, 0.25) is 0 Å². The zero-order valence-electron chi connectivity index (χ0n) is 16.7. The Balaban J connectivity index is 2.61. The second-order valence-corrected chi connectivity index (χ2v) is 7.62. The molecule has 144 valence electrons. The smallest absolute Gasteiger partial charge is 0.233 e. The third kappa shape index (κ3) is 6.56. The van der Waals surface area contributed by atoms with Crippen LogP contribution in [-0.4, -0.2) is 29.0 Å². The minimum Gasteiger partial charge on any atom is -0.299 e. The van der Waals surface area contributed by atoms with Gasteiger partial charge in [-0.2, -0.15) is 0 Å². The highest BCUT2D eigenvalue weighted by atomic mass is 16.2. The maximum atomic E-state index is 12.8. The number of ketones is 1. The Morgan fingerprint density at radius 3 is 2.40 bits per heavy atom. The van der Waals surface area contributed by atoms with Crippen LogP contribution in [0.3, 0.4) is 0 Å². The van der Waals surface area contributed by atoms with E-state index in [1.807, 2.05) is 13.8 Å². The lowest BCUT2D eigenvalue weighted by atomic mass is 9.83. The van der Waals surface area contributed by atoms with Gasteiger partial charge in [0.15, 0.2) is 0 Å². The summed E-state index contributed by atoms with van der Waals surface area (Å²) in [5.41, 5.74) is 0. The lowest BCUT2D eigenvalue weighted by molar-refractivity contribution is -0.140. The molecule has 1 rings (SSSR count). The average Bonchev–Trinajstić information content (AvgIpc) is 2.88. The Bertz CT molecular complexity index is 446. The summed E-state index contributed by atoms with van der Waals surface area (Å²) in [6.45, 7) is 8.50. The van der Waals surface area contributed by atoms with Crippen LogP contribution in [0.4, 0.5) is 0 Å². The van der Waals surface area contributed by atoms with E-state index in [2.05, 4.69) is 13.8 Å². The number of amides is 2. The van der Waals surface area contributed by atoms with Crippen LogP contribution in [0, 0.1) is 17.8 Å². The molecule has 1 fully saturated rings. The fourth-order valence-corrected chi connectivity index (χ4v) is 3.76. The van der Waals surface area contributed by atoms with Gasteiger partial charge in [-0.1, -0.05) is 59.8 Å². The van der Waals surface area contributed by atoms with E-state index in [1.165, 1.54) is 24.2 Å². The van der Waals surface area contributed by atoms with Crippen molar-refractivity contribution < 1.29 is 14.4 Å². The van der Waals surface area contributed by atoms with Crippen LogP contribution in [0.15, 0.2) is 0 Å². The monoisotopic (exact) mass is 351 g/mol. The molecular weight excluding hydrogens is 314 g/mol. The molecule has 1 saturated heterocycles. The van der Waals surface area contributed by atoms with Crippen molar-refractivity contribution in [3.63, 3.8) is 0 Å². The van der Waals surface area contributed by atoms with E-state index in [9.17, 15) is 14.4 Å². The van der Waals surface area contributed by atoms with Crippen LogP contribution in [0.1, 0.15) is 91.9 Å². The molecule has 0 aromatic heterocycles. The van der Waals surface area contributed by atoms with Gasteiger partial charge in [-0.25, -0.2) is 0 Å². The molecule has 0 aromatic carbocycles. The van der Waals surface area contributed by atoms with Gasteiger partial charge in [-0.05, 0) is 25.2 Å². The highest BCUT2D eigenvalue weighted by Crippen LogP contribution is 2.33. The molecule has 4 heteroatoms. The van der Waals surface area contributed by atoms with E-state index >= 15 is 0 Å². The fraction of sp³-hybridized carbons (Fsp3) is 0.857. The summed E-state index contributed by atoms with van der Waals surface area (Å²) >= 11 is 0. The van der Waals surface area contributed by atoms with Gasteiger partial charge in [0.25, 0.3) is 0 Å². The molecule has 3 unspecified atom stereocenters. The van der Waals surface area contributed by atoms with Crippen molar-refractivity contribution in [2.75, 3.05) is 6.54 Å². The third-order valence-electron chi connectivity index (χ3n) is 5.68. The molecule has 0 aliphatic carbocycles. The summed E-state index contributed by atoms with van der Waals surface area (Å²) in [5, 5.41) is 0. The van der Waals surface area contributed by atoms with Crippen molar-refractivity contribution in [2.24, 2.45) is 17.8 Å². The molecule has 1 heterocycles. The zero-order chi connectivity index (χ0) is 18.8. The summed E-state index contributed by atoms with van der Waals surface area (Å²) in [5.74, 6) is 0.199. The van der Waals surface area contributed by atoms with Crippen LogP contribution in [-0.2, 0) is 14.4 Å². The molecule has 0 spiro atoms. The molecule has 0 N–H and O–H groups in total. The third-order valence-corrected chi connectivity index (χ3v) is 5.68. The van der Waals surface area contributed by atoms with Gasteiger partial charge >= 0.3 is 0 Å². The molecule has 0 aromatic rings. The van der Waals surface area contributed by atoms with Crippen molar-refractivity contribution in [3.8, 4) is 0 Å². The van der Waals surface area contributed by atoms with Gasteiger partial charge in [0, 0.05) is 25.3 Å². The van der Waals surface area contributed by atoms with Gasteiger partial charge < -0.3 is 0 Å². The Labute approximate surface area is 153 Å². The Morgan fingerprint density at radius 1 is 1.08 bits per heavy atom. The van der Waals surface area contributed by atoms with Crippen LogP contribution in [0.5, 0.6) is 0 Å². The average molecular weight is 352 g/mol. The number of hydrogen-bond acceptors (Lipinski definition) is 3. The fourth-order valence-electron chi connectivity index (χ4n) is 3.76. The molecule has 1 aliphatic rings. The summed E-state index contributed by atoms with van der Waals surface area (Å²) in [6.07, 6.45) is 9.33. The van der Waals surface area contributed by atoms with E-state index in [4.69, 9.17) is 0 Å². The molecule has 0 radical (unpaired) electrons. The maximum absolute atomic E-state index is 12.8. The SMILES string of the molecule is CCCCCCC(CCC)C1CC(=O)N(CCC(=O)C(C)CC)C1=O. The Kier molecular flexibility index (Phi) is 9.99. The Hall–Kier alpha value is -1.19. The summed E-state index contributed by atoms with van der Waals surface area (Å²) in [4.78, 5) is 38.5. The van der Waals surface area contributed by atoms with Crippen molar-refractivity contribution in [2.45, 2.75) is 91.9 Å². The minimum absolute atomic E-state index is 0.00927. The second-order valence-electron chi connectivity index (χ2n) is 7.62. The zero-order valence-corrected chi connectivity index (χ0v) is 16.7. The molecule has 2 amide bonds. The Morgan fingerprint density at radius 2 is 1.80 bits per heavy atom. The molecule has 3 atom stereocenters. The van der Waals surface area contributed by atoms with Crippen LogP contribution < -0.4 is 0 Å². The first-order valence-electron chi connectivity index (χ1n) is 10.3. The first-order chi connectivity index (χ1) is 12.0. The van der Waals surface area contributed by atoms with Gasteiger partial charge in [-0.3, -0.25) is 19.3 Å². The lowest BCUT2D eigenvalue weighted by Crippen LogP contribution is -2.34. The normalized spacial score (nSPS) is 20.2. The standard InChI is InChI=1S/C21H37NO3/c1-5-8-9-10-12-17(11-6-2)18-15-20(24)22(21(18)25)14-13-19(23)16(4)7-3/h16-18H,5-15H2,1-4H3. The van der Waals surface area contributed by atoms with Crippen molar-refractivity contribution in [1.82, 2.24) is 4.90 Å². The van der Waals surface area contributed by atoms with Crippen molar-refractivity contribution >= 4 is 17.6 Å². The number of carbonyl (C=O) groups is 3. The van der Waals surface area contributed by atoms with Gasteiger partial charge in [0.05, 0.1) is 5.92 Å². The maximum Gasteiger partial charge on any atom is 0.233 e. The van der Waals surface area contributed by atoms with E-state index in [0.29, 0.717) is 18.8 Å². The molecule has 4 nitrogen and oxygen atoms in total. The van der Waals surface area contributed by atoms with Crippen molar-refractivity contribution in [1.29, 1.82) is 0 Å². The quantitative estimate of drug-likeness (QED) is 0.355. The number of carbonyl (C=O) groups excluding carboxylic acids is 3. The number of hydrogen-bond donors (Lipinski definition) is 0. The number of rotatable bonds is 13. The molecule has 25 heavy (non-hydrogen) atoms. The van der Waals surface area contributed by atoms with Gasteiger partial charge in [0.2, 0.25) is 11.8 Å². The highest BCUT2D eigenvalue weighted by Gasteiger charge is 2.42. The van der Waals surface area contributed by atoms with Gasteiger partial charge in [0.1, 0.15) is 5.78 Å². The highest BCUT2D eigenvalue weighted by molar-refractivity contribution is 6.04. The van der Waals surface area contributed by atoms with E-state index in [0.717, 1.165) is 32.1 Å². The largest absolute Gasteiger partial charge is 0.299 e. The van der Waals surface area contributed by atoms with E-state index in [1.54, 1.807) is 0 Å². The number of likely N-dealkylation sites (tertiary alicyclic amines) is 1. The second kappa shape index (κ2) is 11.4. The first kappa shape index (κ1) is 21.9. The topological polar surface area (TPSA) is 54.5 Å². The van der Waals surface area contributed by atoms with E-state index in [-0.39, 0.29) is 36.0 Å². The number of imide groups is 1. The number of Topliss-reactive ketones (excluding diaryl/α,β-unsaturated/α-hetero) is 1. The van der Waals surface area contributed by atoms with E-state index < -0.39 is 0 Å². The summed E-state index contributed by atoms with van der Waals surface area (Å²) in [7, 11) is 0.